The minimum absolute atomic E-state index is 0.0447. The highest BCUT2D eigenvalue weighted by atomic mass is 19.1. The van der Waals surface area contributed by atoms with Crippen molar-refractivity contribution in [3.05, 3.63) is 72.0 Å². The van der Waals surface area contributed by atoms with E-state index in [1.54, 1.807) is 36.1 Å². The van der Waals surface area contributed by atoms with Gasteiger partial charge in [0.2, 0.25) is 0 Å². The number of hydrogen-bond donors (Lipinski definition) is 2. The number of aliphatic carboxylic acids is 1. The van der Waals surface area contributed by atoms with Gasteiger partial charge in [0.05, 0.1) is 0 Å². The third-order valence-corrected chi connectivity index (χ3v) is 5.39. The standard InChI is InChI=1S/C22H23FN4O4/c1-3-17(23)8-9-18(24)22(21(29)30)10-12-27(13-11-22)20(28)16-6-4-15(5-7-16)19-25-14(2)26-31-19/h3-9H,1,10-13,24H2,2H3,(H,29,30)/b17-8+,18-9-. The molecule has 2 aromatic rings. The SMILES string of the molecule is C=C/C(F)=C\C=C(/N)C1(C(=O)O)CCN(C(=O)c2ccc(-c3nc(C)no3)cc2)CC1. The quantitative estimate of drug-likeness (QED) is 0.680. The molecule has 0 saturated carbocycles. The summed E-state index contributed by atoms with van der Waals surface area (Å²) >= 11 is 0. The van der Waals surface area contributed by atoms with E-state index < -0.39 is 17.2 Å². The van der Waals surface area contributed by atoms with E-state index in [1.807, 2.05) is 0 Å². The highest BCUT2D eigenvalue weighted by molar-refractivity contribution is 5.95. The monoisotopic (exact) mass is 426 g/mol. The molecule has 0 radical (unpaired) electrons. The first kappa shape index (κ1) is 21.9. The van der Waals surface area contributed by atoms with Crippen LogP contribution in [-0.2, 0) is 4.79 Å². The van der Waals surface area contributed by atoms with Crippen LogP contribution in [0.1, 0.15) is 29.0 Å². The van der Waals surface area contributed by atoms with Gasteiger partial charge in [0.1, 0.15) is 11.2 Å². The minimum atomic E-state index is -1.35. The van der Waals surface area contributed by atoms with Crippen molar-refractivity contribution >= 4 is 11.9 Å². The number of piperidine rings is 1. The van der Waals surface area contributed by atoms with Gasteiger partial charge >= 0.3 is 5.97 Å². The van der Waals surface area contributed by atoms with E-state index >= 15 is 0 Å². The Hall–Kier alpha value is -3.75. The minimum Gasteiger partial charge on any atom is -0.481 e. The lowest BCUT2D eigenvalue weighted by molar-refractivity contribution is -0.149. The molecule has 3 rings (SSSR count). The number of carbonyl (C=O) groups is 2. The number of halogens is 1. The molecule has 2 heterocycles. The number of hydrogen-bond acceptors (Lipinski definition) is 6. The maximum atomic E-state index is 13.3. The number of amides is 1. The summed E-state index contributed by atoms with van der Waals surface area (Å²) in [5.41, 5.74) is 5.85. The number of allylic oxidation sites excluding steroid dienone is 4. The summed E-state index contributed by atoms with van der Waals surface area (Å²) in [7, 11) is 0. The maximum absolute atomic E-state index is 13.3. The number of benzene rings is 1. The summed E-state index contributed by atoms with van der Waals surface area (Å²) in [5, 5.41) is 13.5. The van der Waals surface area contributed by atoms with Gasteiger partial charge < -0.3 is 20.3 Å². The van der Waals surface area contributed by atoms with Crippen LogP contribution in [-0.4, -0.2) is 45.1 Å². The van der Waals surface area contributed by atoms with Crippen molar-refractivity contribution in [2.75, 3.05) is 13.1 Å². The Morgan fingerprint density at radius 2 is 1.90 bits per heavy atom. The van der Waals surface area contributed by atoms with E-state index in [9.17, 15) is 19.1 Å². The van der Waals surface area contributed by atoms with Gasteiger partial charge in [0.15, 0.2) is 5.82 Å². The molecule has 0 unspecified atom stereocenters. The molecular weight excluding hydrogens is 403 g/mol. The van der Waals surface area contributed by atoms with Gasteiger partial charge in [0, 0.05) is 29.9 Å². The zero-order valence-corrected chi connectivity index (χ0v) is 17.0. The number of aryl methyl sites for hydroxylation is 1. The molecule has 8 nitrogen and oxygen atoms in total. The third kappa shape index (κ3) is 4.55. The second-order valence-corrected chi connectivity index (χ2v) is 7.28. The van der Waals surface area contributed by atoms with Gasteiger partial charge in [-0.3, -0.25) is 9.59 Å². The van der Waals surface area contributed by atoms with Crippen molar-refractivity contribution < 1.29 is 23.6 Å². The van der Waals surface area contributed by atoms with Crippen LogP contribution in [0.15, 0.2) is 65.1 Å². The highest BCUT2D eigenvalue weighted by Crippen LogP contribution is 2.37. The van der Waals surface area contributed by atoms with Crippen LogP contribution in [0.25, 0.3) is 11.5 Å². The highest BCUT2D eigenvalue weighted by Gasteiger charge is 2.44. The Morgan fingerprint density at radius 3 is 2.42 bits per heavy atom. The number of rotatable bonds is 6. The van der Waals surface area contributed by atoms with Gasteiger partial charge in [-0.2, -0.15) is 4.98 Å². The third-order valence-electron chi connectivity index (χ3n) is 5.39. The first-order valence-electron chi connectivity index (χ1n) is 9.66. The van der Waals surface area contributed by atoms with Gasteiger partial charge in [-0.25, -0.2) is 4.39 Å². The fourth-order valence-electron chi connectivity index (χ4n) is 3.47. The van der Waals surface area contributed by atoms with Crippen LogP contribution < -0.4 is 5.73 Å². The molecule has 31 heavy (non-hydrogen) atoms. The van der Waals surface area contributed by atoms with E-state index in [0.29, 0.717) is 22.8 Å². The van der Waals surface area contributed by atoms with Gasteiger partial charge in [-0.15, -0.1) is 0 Å². The maximum Gasteiger partial charge on any atom is 0.315 e. The summed E-state index contributed by atoms with van der Waals surface area (Å²) in [6.07, 6.45) is 3.58. The zero-order valence-electron chi connectivity index (χ0n) is 17.0. The van der Waals surface area contributed by atoms with Crippen LogP contribution in [0.4, 0.5) is 4.39 Å². The predicted molar refractivity (Wildman–Crippen MR) is 111 cm³/mol. The number of likely N-dealkylation sites (tertiary alicyclic amines) is 1. The summed E-state index contributed by atoms with van der Waals surface area (Å²) in [6, 6.07) is 6.75. The summed E-state index contributed by atoms with van der Waals surface area (Å²) in [5.74, 6) is -1.05. The van der Waals surface area contributed by atoms with Crippen molar-refractivity contribution in [2.45, 2.75) is 19.8 Å². The molecule has 1 aromatic heterocycles. The molecule has 1 aromatic carbocycles. The fourth-order valence-corrected chi connectivity index (χ4v) is 3.47. The van der Waals surface area contributed by atoms with Crippen LogP contribution in [0.2, 0.25) is 0 Å². The predicted octanol–water partition coefficient (Wildman–Crippen LogP) is 3.23. The molecule has 0 atom stereocenters. The fraction of sp³-hybridized carbons (Fsp3) is 0.273. The van der Waals surface area contributed by atoms with E-state index in [0.717, 1.165) is 12.2 Å². The van der Waals surface area contributed by atoms with E-state index in [4.69, 9.17) is 10.3 Å². The Morgan fingerprint density at radius 1 is 1.26 bits per heavy atom. The number of carboxylic acid groups (broad SMARTS) is 1. The normalized spacial score (nSPS) is 16.8. The van der Waals surface area contributed by atoms with Crippen LogP contribution in [0.5, 0.6) is 0 Å². The first-order valence-corrected chi connectivity index (χ1v) is 9.66. The average molecular weight is 426 g/mol. The second kappa shape index (κ2) is 8.95. The Kier molecular flexibility index (Phi) is 6.33. The smallest absolute Gasteiger partial charge is 0.315 e. The number of nitrogens with two attached hydrogens (primary N) is 1. The lowest BCUT2D eigenvalue weighted by Gasteiger charge is -2.39. The molecule has 1 aliphatic rings. The summed E-state index contributed by atoms with van der Waals surface area (Å²) in [6.45, 7) is 5.43. The number of nitrogens with zero attached hydrogens (tertiary/aromatic N) is 3. The molecule has 0 bridgehead atoms. The molecular formula is C22H23FN4O4. The molecule has 1 saturated heterocycles. The van der Waals surface area contributed by atoms with Crippen LogP contribution in [0, 0.1) is 12.3 Å². The van der Waals surface area contributed by atoms with Crippen LogP contribution in [0.3, 0.4) is 0 Å². The van der Waals surface area contributed by atoms with Crippen LogP contribution >= 0.6 is 0 Å². The van der Waals surface area contributed by atoms with Crippen molar-refractivity contribution in [1.29, 1.82) is 0 Å². The average Bonchev–Trinajstić information content (AvgIpc) is 3.22. The van der Waals surface area contributed by atoms with Crippen molar-refractivity contribution in [3.8, 4) is 11.5 Å². The molecule has 1 aliphatic heterocycles. The molecule has 9 heteroatoms. The van der Waals surface area contributed by atoms with Crippen molar-refractivity contribution in [1.82, 2.24) is 15.0 Å². The first-order chi connectivity index (χ1) is 14.8. The lowest BCUT2D eigenvalue weighted by Crippen LogP contribution is -2.48. The molecule has 1 fully saturated rings. The Balaban J connectivity index is 1.72. The van der Waals surface area contributed by atoms with E-state index in [-0.39, 0.29) is 37.5 Å². The summed E-state index contributed by atoms with van der Waals surface area (Å²) in [4.78, 5) is 30.6. The molecule has 162 valence electrons. The molecule has 0 spiro atoms. The van der Waals surface area contributed by atoms with Gasteiger partial charge in [-0.05, 0) is 62.3 Å². The Bertz CT molecular complexity index is 1050. The largest absolute Gasteiger partial charge is 0.481 e. The number of carbonyl (C=O) groups excluding carboxylic acids is 1. The van der Waals surface area contributed by atoms with Gasteiger partial charge in [-0.1, -0.05) is 11.7 Å². The Labute approximate surface area is 178 Å². The lowest BCUT2D eigenvalue weighted by atomic mass is 9.75. The van der Waals surface area contributed by atoms with Gasteiger partial charge in [0.25, 0.3) is 11.8 Å². The molecule has 1 amide bonds. The van der Waals surface area contributed by atoms with E-state index in [2.05, 4.69) is 16.7 Å². The van der Waals surface area contributed by atoms with E-state index in [1.165, 1.54) is 6.08 Å². The van der Waals surface area contributed by atoms with Crippen molar-refractivity contribution in [2.24, 2.45) is 11.1 Å². The topological polar surface area (TPSA) is 123 Å². The second-order valence-electron chi connectivity index (χ2n) is 7.28. The number of carboxylic acids is 1. The molecule has 0 aliphatic carbocycles. The van der Waals surface area contributed by atoms with Crippen molar-refractivity contribution in [3.63, 3.8) is 0 Å². The number of aromatic nitrogens is 2. The molecule has 3 N–H and O–H groups in total. The summed E-state index contributed by atoms with van der Waals surface area (Å²) < 4.78 is 18.4. The zero-order chi connectivity index (χ0) is 22.6.